The fourth-order valence-corrected chi connectivity index (χ4v) is 4.21. The highest BCUT2D eigenvalue weighted by atomic mass is 16.5. The third-order valence-corrected chi connectivity index (χ3v) is 6.05. The van der Waals surface area contributed by atoms with Crippen molar-refractivity contribution in [2.45, 2.75) is 12.5 Å². The predicted molar refractivity (Wildman–Crippen MR) is 121 cm³/mol. The minimum absolute atomic E-state index is 0.0148. The van der Waals surface area contributed by atoms with Gasteiger partial charge in [-0.1, -0.05) is 18.2 Å². The van der Waals surface area contributed by atoms with Crippen molar-refractivity contribution in [1.82, 2.24) is 15.1 Å². The normalized spacial score (nSPS) is 18.8. The van der Waals surface area contributed by atoms with Crippen LogP contribution in [0.15, 0.2) is 54.6 Å². The van der Waals surface area contributed by atoms with Crippen LogP contribution in [-0.4, -0.2) is 79.9 Å². The molecule has 0 spiro atoms. The molecule has 2 saturated heterocycles. The second-order valence-corrected chi connectivity index (χ2v) is 7.94. The highest BCUT2D eigenvalue weighted by Crippen LogP contribution is 2.20. The molecule has 0 aromatic heterocycles. The average molecular weight is 437 g/mol. The van der Waals surface area contributed by atoms with Gasteiger partial charge in [-0.2, -0.15) is 0 Å². The number of benzene rings is 2. The largest absolute Gasteiger partial charge is 0.497 e. The lowest BCUT2D eigenvalue weighted by Gasteiger charge is -2.39. The summed E-state index contributed by atoms with van der Waals surface area (Å²) in [6, 6.07) is 16.1. The van der Waals surface area contributed by atoms with Gasteiger partial charge in [0.1, 0.15) is 11.8 Å². The Bertz CT molecular complexity index is 956. The van der Waals surface area contributed by atoms with Gasteiger partial charge in [0.25, 0.3) is 5.91 Å². The zero-order valence-corrected chi connectivity index (χ0v) is 18.2. The minimum Gasteiger partial charge on any atom is -0.497 e. The molecule has 2 aliphatic heterocycles. The van der Waals surface area contributed by atoms with Crippen LogP contribution in [0.3, 0.4) is 0 Å². The number of carbonyl (C=O) groups is 3. The summed E-state index contributed by atoms with van der Waals surface area (Å²) in [5.41, 5.74) is 1.61. The van der Waals surface area contributed by atoms with Crippen molar-refractivity contribution < 1.29 is 19.1 Å². The van der Waals surface area contributed by atoms with Crippen molar-refractivity contribution in [1.29, 1.82) is 0 Å². The highest BCUT2D eigenvalue weighted by Gasteiger charge is 2.36. The first-order valence-electron chi connectivity index (χ1n) is 10.9. The van der Waals surface area contributed by atoms with Gasteiger partial charge in [-0.25, -0.2) is 0 Å². The molecule has 0 radical (unpaired) electrons. The molecule has 0 aliphatic carbocycles. The average Bonchev–Trinajstić information content (AvgIpc) is 2.85. The van der Waals surface area contributed by atoms with Crippen LogP contribution in [0.4, 0.5) is 5.69 Å². The van der Waals surface area contributed by atoms with Crippen LogP contribution in [-0.2, 0) is 9.59 Å². The number of carbonyl (C=O) groups excluding carboxylic acids is 3. The summed E-state index contributed by atoms with van der Waals surface area (Å²) in [6.45, 7) is 3.41. The zero-order valence-electron chi connectivity index (χ0n) is 18.2. The van der Waals surface area contributed by atoms with Gasteiger partial charge >= 0.3 is 0 Å². The Morgan fingerprint density at radius 3 is 2.31 bits per heavy atom. The number of methoxy groups -OCH3 is 1. The molecule has 168 valence electrons. The summed E-state index contributed by atoms with van der Waals surface area (Å²) in [6.07, 6.45) is -0.0148. The third kappa shape index (κ3) is 4.69. The quantitative estimate of drug-likeness (QED) is 0.766. The van der Waals surface area contributed by atoms with Crippen LogP contribution in [0, 0.1) is 0 Å². The number of rotatable bonds is 5. The minimum atomic E-state index is -0.807. The Morgan fingerprint density at radius 1 is 0.969 bits per heavy atom. The van der Waals surface area contributed by atoms with E-state index in [2.05, 4.69) is 22.3 Å². The lowest BCUT2D eigenvalue weighted by atomic mass is 10.0. The fourth-order valence-electron chi connectivity index (χ4n) is 4.21. The third-order valence-electron chi connectivity index (χ3n) is 6.05. The topological polar surface area (TPSA) is 82.2 Å². The Labute approximate surface area is 187 Å². The molecule has 2 aromatic rings. The van der Waals surface area contributed by atoms with Gasteiger partial charge in [-0.05, 0) is 36.4 Å². The van der Waals surface area contributed by atoms with Gasteiger partial charge in [-0.3, -0.25) is 14.4 Å². The molecule has 4 rings (SSSR count). The number of hydrogen-bond donors (Lipinski definition) is 1. The molecule has 0 saturated carbocycles. The van der Waals surface area contributed by atoms with E-state index < -0.39 is 6.04 Å². The predicted octanol–water partition coefficient (Wildman–Crippen LogP) is 1.37. The van der Waals surface area contributed by atoms with Crippen molar-refractivity contribution in [3.63, 3.8) is 0 Å². The highest BCUT2D eigenvalue weighted by molar-refractivity contribution is 5.99. The molecular formula is C24H28N4O4. The number of nitrogens with one attached hydrogen (secondary N) is 1. The molecule has 8 heteroatoms. The first-order valence-corrected chi connectivity index (χ1v) is 10.9. The molecule has 8 nitrogen and oxygen atoms in total. The van der Waals surface area contributed by atoms with Crippen LogP contribution in [0.25, 0.3) is 0 Å². The van der Waals surface area contributed by atoms with Gasteiger partial charge in [0, 0.05) is 50.5 Å². The van der Waals surface area contributed by atoms with E-state index >= 15 is 0 Å². The Hall–Kier alpha value is -3.55. The SMILES string of the molecule is COc1ccc(C(=O)N2CCNC(=O)C2CC(=O)N2CCN(c3ccccc3)CC2)cc1. The van der Waals surface area contributed by atoms with Crippen LogP contribution in [0.5, 0.6) is 5.75 Å². The molecule has 2 aliphatic rings. The van der Waals surface area contributed by atoms with Gasteiger partial charge in [0.2, 0.25) is 11.8 Å². The van der Waals surface area contributed by atoms with Gasteiger partial charge < -0.3 is 24.8 Å². The van der Waals surface area contributed by atoms with E-state index in [1.54, 1.807) is 36.3 Å². The number of piperazine rings is 2. The van der Waals surface area contributed by atoms with Crippen LogP contribution in [0.2, 0.25) is 0 Å². The maximum Gasteiger partial charge on any atom is 0.254 e. The Balaban J connectivity index is 1.40. The summed E-state index contributed by atoms with van der Waals surface area (Å²) in [5.74, 6) is 0.00943. The zero-order chi connectivity index (χ0) is 22.5. The molecular weight excluding hydrogens is 408 g/mol. The maximum atomic E-state index is 13.1. The fraction of sp³-hybridized carbons (Fsp3) is 0.375. The van der Waals surface area contributed by atoms with Gasteiger partial charge in [0.15, 0.2) is 0 Å². The van der Waals surface area contributed by atoms with Crippen molar-refractivity contribution in [2.75, 3.05) is 51.3 Å². The smallest absolute Gasteiger partial charge is 0.254 e. The maximum absolute atomic E-state index is 13.1. The van der Waals surface area contributed by atoms with Crippen LogP contribution >= 0.6 is 0 Å². The van der Waals surface area contributed by atoms with Crippen molar-refractivity contribution in [3.05, 3.63) is 60.2 Å². The number of nitrogens with zero attached hydrogens (tertiary/aromatic N) is 3. The summed E-state index contributed by atoms with van der Waals surface area (Å²) < 4.78 is 5.15. The standard InChI is InChI=1S/C24H28N4O4/c1-32-20-9-7-18(8-10-20)24(31)28-12-11-25-23(30)21(28)17-22(29)27-15-13-26(14-16-27)19-5-3-2-4-6-19/h2-10,21H,11-17H2,1H3,(H,25,30). The van der Waals surface area contributed by atoms with E-state index in [0.29, 0.717) is 37.5 Å². The van der Waals surface area contributed by atoms with Crippen molar-refractivity contribution in [2.24, 2.45) is 0 Å². The number of amides is 3. The number of hydrogen-bond acceptors (Lipinski definition) is 5. The second kappa shape index (κ2) is 9.72. The van der Waals surface area contributed by atoms with E-state index in [1.165, 1.54) is 4.90 Å². The van der Waals surface area contributed by atoms with Crippen LogP contribution < -0.4 is 15.0 Å². The Morgan fingerprint density at radius 2 is 1.66 bits per heavy atom. The summed E-state index contributed by atoms with van der Waals surface area (Å²) in [4.78, 5) is 44.2. The number of anilines is 1. The molecule has 1 N–H and O–H groups in total. The first kappa shape index (κ1) is 21.7. The molecule has 0 bridgehead atoms. The molecule has 32 heavy (non-hydrogen) atoms. The molecule has 1 unspecified atom stereocenters. The van der Waals surface area contributed by atoms with Gasteiger partial charge in [0.05, 0.1) is 13.5 Å². The molecule has 2 fully saturated rings. The van der Waals surface area contributed by atoms with Crippen molar-refractivity contribution in [3.8, 4) is 5.75 Å². The van der Waals surface area contributed by atoms with Crippen molar-refractivity contribution >= 4 is 23.4 Å². The van der Waals surface area contributed by atoms with E-state index in [9.17, 15) is 14.4 Å². The van der Waals surface area contributed by atoms with E-state index in [-0.39, 0.29) is 24.1 Å². The number of ether oxygens (including phenoxy) is 1. The lowest BCUT2D eigenvalue weighted by Crippen LogP contribution is -2.59. The Kier molecular flexibility index (Phi) is 6.58. The van der Waals surface area contributed by atoms with Crippen LogP contribution in [0.1, 0.15) is 16.8 Å². The lowest BCUT2D eigenvalue weighted by molar-refractivity contribution is -0.138. The number of para-hydroxylation sites is 1. The van der Waals surface area contributed by atoms with Gasteiger partial charge in [-0.15, -0.1) is 0 Å². The molecule has 1 atom stereocenters. The molecule has 2 heterocycles. The van der Waals surface area contributed by atoms with E-state index in [0.717, 1.165) is 18.8 Å². The molecule has 3 amide bonds. The second-order valence-electron chi connectivity index (χ2n) is 7.94. The van der Waals surface area contributed by atoms with E-state index in [4.69, 9.17) is 4.74 Å². The summed E-state index contributed by atoms with van der Waals surface area (Å²) in [5, 5.41) is 2.79. The monoisotopic (exact) mass is 436 g/mol. The molecule has 2 aromatic carbocycles. The first-order chi connectivity index (χ1) is 15.6. The summed E-state index contributed by atoms with van der Waals surface area (Å²) >= 11 is 0. The van der Waals surface area contributed by atoms with E-state index in [1.807, 2.05) is 18.2 Å². The summed E-state index contributed by atoms with van der Waals surface area (Å²) in [7, 11) is 1.56.